The zero-order chi connectivity index (χ0) is 22.9. The molecule has 1 aliphatic rings. The molecule has 3 aromatic carbocycles. The predicted molar refractivity (Wildman–Crippen MR) is 126 cm³/mol. The van der Waals surface area contributed by atoms with E-state index in [2.05, 4.69) is 15.5 Å². The van der Waals surface area contributed by atoms with Gasteiger partial charge in [-0.05, 0) is 47.9 Å². The number of aromatic amines is 1. The van der Waals surface area contributed by atoms with Gasteiger partial charge in [-0.1, -0.05) is 30.3 Å². The van der Waals surface area contributed by atoms with Crippen LogP contribution in [0.3, 0.4) is 0 Å². The first kappa shape index (κ1) is 20.8. The van der Waals surface area contributed by atoms with E-state index in [9.17, 15) is 9.59 Å². The van der Waals surface area contributed by atoms with Gasteiger partial charge in [-0.3, -0.25) is 14.7 Å². The van der Waals surface area contributed by atoms with E-state index in [-0.39, 0.29) is 11.8 Å². The summed E-state index contributed by atoms with van der Waals surface area (Å²) in [5.74, 6) is 0.448. The first-order valence-electron chi connectivity index (χ1n) is 10.9. The predicted octanol–water partition coefficient (Wildman–Crippen LogP) is 4.14. The van der Waals surface area contributed by atoms with Crippen LogP contribution in [0.15, 0.2) is 60.8 Å². The van der Waals surface area contributed by atoms with Crippen molar-refractivity contribution in [3.63, 3.8) is 0 Å². The summed E-state index contributed by atoms with van der Waals surface area (Å²) in [5.41, 5.74) is 5.88. The lowest BCUT2D eigenvalue weighted by Gasteiger charge is -2.19. The number of benzene rings is 3. The lowest BCUT2D eigenvalue weighted by molar-refractivity contribution is 0.0785. The molecule has 2 heterocycles. The van der Waals surface area contributed by atoms with E-state index >= 15 is 0 Å². The summed E-state index contributed by atoms with van der Waals surface area (Å²) in [4.78, 5) is 27.0. The van der Waals surface area contributed by atoms with Crippen molar-refractivity contribution in [2.75, 3.05) is 13.7 Å². The molecule has 166 valence electrons. The number of rotatable bonds is 6. The first-order valence-corrected chi connectivity index (χ1v) is 10.9. The topological polar surface area (TPSA) is 87.3 Å². The summed E-state index contributed by atoms with van der Waals surface area (Å²) < 4.78 is 5.89. The van der Waals surface area contributed by atoms with Crippen LogP contribution in [0.5, 0.6) is 5.75 Å². The zero-order valence-corrected chi connectivity index (χ0v) is 18.5. The van der Waals surface area contributed by atoms with Gasteiger partial charge in [0, 0.05) is 42.2 Å². The minimum atomic E-state index is -0.104. The van der Waals surface area contributed by atoms with Gasteiger partial charge in [0.1, 0.15) is 5.75 Å². The number of nitrogens with one attached hydrogen (secondary N) is 2. The Labute approximate surface area is 191 Å². The van der Waals surface area contributed by atoms with Crippen LogP contribution >= 0.6 is 0 Å². The van der Waals surface area contributed by atoms with Crippen molar-refractivity contribution < 1.29 is 14.3 Å². The molecule has 0 saturated heterocycles. The average molecular weight is 441 g/mol. The van der Waals surface area contributed by atoms with E-state index in [4.69, 9.17) is 4.74 Å². The Bertz CT molecular complexity index is 1380. The summed E-state index contributed by atoms with van der Waals surface area (Å²) in [6.07, 6.45) is 1.77. The standard InChI is InChI=1S/C26H24N4O3/c1-3-33-23-12-17(9-10-21(23)16-7-8-18-13-27-25(31)22(18)11-16)26(32)30(2)15-20-6-4-5-19-14-28-29-24(19)20/h4-12,14H,3,13,15H2,1-2H3,(H,27,31)(H,28,29). The summed E-state index contributed by atoms with van der Waals surface area (Å²) in [6.45, 7) is 3.38. The molecular formula is C26H24N4O3. The summed E-state index contributed by atoms with van der Waals surface area (Å²) in [6, 6.07) is 17.2. The number of aromatic nitrogens is 2. The third-order valence-electron chi connectivity index (χ3n) is 5.95. The highest BCUT2D eigenvalue weighted by atomic mass is 16.5. The van der Waals surface area contributed by atoms with Crippen LogP contribution in [-0.2, 0) is 13.1 Å². The van der Waals surface area contributed by atoms with Crippen molar-refractivity contribution in [1.29, 1.82) is 0 Å². The number of H-pyrrole nitrogens is 1. The van der Waals surface area contributed by atoms with E-state index in [1.165, 1.54) is 0 Å². The molecule has 5 rings (SSSR count). The van der Waals surface area contributed by atoms with Gasteiger partial charge in [0.2, 0.25) is 0 Å². The molecular weight excluding hydrogens is 416 g/mol. The van der Waals surface area contributed by atoms with E-state index < -0.39 is 0 Å². The van der Waals surface area contributed by atoms with E-state index in [1.807, 2.05) is 49.4 Å². The summed E-state index contributed by atoms with van der Waals surface area (Å²) >= 11 is 0. The summed E-state index contributed by atoms with van der Waals surface area (Å²) in [7, 11) is 1.78. The van der Waals surface area contributed by atoms with Crippen LogP contribution in [0.1, 0.15) is 38.8 Å². The van der Waals surface area contributed by atoms with Gasteiger partial charge in [0.05, 0.1) is 18.3 Å². The second-order valence-electron chi connectivity index (χ2n) is 8.11. The van der Waals surface area contributed by atoms with Crippen molar-refractivity contribution in [2.45, 2.75) is 20.0 Å². The lowest BCUT2D eigenvalue weighted by atomic mass is 9.98. The number of amides is 2. The molecule has 4 aromatic rings. The third-order valence-corrected chi connectivity index (χ3v) is 5.95. The van der Waals surface area contributed by atoms with Gasteiger partial charge in [-0.15, -0.1) is 0 Å². The van der Waals surface area contributed by atoms with Crippen molar-refractivity contribution in [2.24, 2.45) is 0 Å². The van der Waals surface area contributed by atoms with Crippen molar-refractivity contribution in [3.8, 4) is 16.9 Å². The van der Waals surface area contributed by atoms with Gasteiger partial charge < -0.3 is 15.0 Å². The molecule has 0 bridgehead atoms. The molecule has 7 heteroatoms. The number of para-hydroxylation sites is 1. The molecule has 0 aliphatic carbocycles. The molecule has 33 heavy (non-hydrogen) atoms. The molecule has 1 aromatic heterocycles. The number of ether oxygens (including phenoxy) is 1. The third kappa shape index (κ3) is 3.82. The first-order chi connectivity index (χ1) is 16.0. The molecule has 0 atom stereocenters. The van der Waals surface area contributed by atoms with Crippen LogP contribution in [0, 0.1) is 0 Å². The average Bonchev–Trinajstić information content (AvgIpc) is 3.46. The molecule has 2 N–H and O–H groups in total. The highest BCUT2D eigenvalue weighted by Gasteiger charge is 2.21. The van der Waals surface area contributed by atoms with Crippen molar-refractivity contribution in [1.82, 2.24) is 20.4 Å². The molecule has 0 unspecified atom stereocenters. The van der Waals surface area contributed by atoms with Crippen LogP contribution < -0.4 is 10.1 Å². The number of carbonyl (C=O) groups is 2. The van der Waals surface area contributed by atoms with Crippen LogP contribution in [-0.4, -0.2) is 40.6 Å². The molecule has 0 spiro atoms. The van der Waals surface area contributed by atoms with E-state index in [0.29, 0.717) is 36.6 Å². The molecule has 1 aliphatic heterocycles. The van der Waals surface area contributed by atoms with Crippen LogP contribution in [0.4, 0.5) is 0 Å². The number of carbonyl (C=O) groups excluding carboxylic acids is 2. The van der Waals surface area contributed by atoms with Gasteiger partial charge in [-0.25, -0.2) is 0 Å². The fourth-order valence-corrected chi connectivity index (χ4v) is 4.26. The summed E-state index contributed by atoms with van der Waals surface area (Å²) in [5, 5.41) is 11.0. The van der Waals surface area contributed by atoms with Gasteiger partial charge >= 0.3 is 0 Å². The van der Waals surface area contributed by atoms with Crippen molar-refractivity contribution >= 4 is 22.7 Å². The normalized spacial score (nSPS) is 12.5. The minimum absolute atomic E-state index is 0.0643. The molecule has 2 amide bonds. The van der Waals surface area contributed by atoms with Gasteiger partial charge in [-0.2, -0.15) is 5.10 Å². The van der Waals surface area contributed by atoms with Crippen molar-refractivity contribution in [3.05, 3.63) is 83.0 Å². The highest BCUT2D eigenvalue weighted by molar-refractivity contribution is 6.00. The number of hydrogen-bond acceptors (Lipinski definition) is 4. The minimum Gasteiger partial charge on any atom is -0.493 e. The van der Waals surface area contributed by atoms with Crippen LogP contribution in [0.2, 0.25) is 0 Å². The monoisotopic (exact) mass is 440 g/mol. The number of fused-ring (bicyclic) bond motifs is 2. The molecule has 0 saturated carbocycles. The fourth-order valence-electron chi connectivity index (χ4n) is 4.26. The Kier molecular flexibility index (Phi) is 5.30. The van der Waals surface area contributed by atoms with E-state index in [1.54, 1.807) is 30.3 Å². The number of hydrogen-bond donors (Lipinski definition) is 2. The maximum Gasteiger partial charge on any atom is 0.254 e. The fraction of sp³-hybridized carbons (Fsp3) is 0.192. The maximum absolute atomic E-state index is 13.2. The Balaban J connectivity index is 1.43. The molecule has 0 fully saturated rings. The molecule has 0 radical (unpaired) electrons. The second kappa shape index (κ2) is 8.43. The largest absolute Gasteiger partial charge is 0.493 e. The Hall–Kier alpha value is -4.13. The Morgan fingerprint density at radius 1 is 1.12 bits per heavy atom. The van der Waals surface area contributed by atoms with Gasteiger partial charge in [0.25, 0.3) is 11.8 Å². The SMILES string of the molecule is CCOc1cc(C(=O)N(C)Cc2cccc3cn[nH]c23)ccc1-c1ccc2c(c1)C(=O)NC2. The quantitative estimate of drug-likeness (QED) is 0.472. The Morgan fingerprint density at radius 2 is 2.00 bits per heavy atom. The second-order valence-corrected chi connectivity index (χ2v) is 8.11. The number of nitrogens with zero attached hydrogens (tertiary/aromatic N) is 2. The lowest BCUT2D eigenvalue weighted by Crippen LogP contribution is -2.26. The zero-order valence-electron chi connectivity index (χ0n) is 18.5. The van der Waals surface area contributed by atoms with Gasteiger partial charge in [0.15, 0.2) is 0 Å². The maximum atomic E-state index is 13.2. The molecule has 7 nitrogen and oxygen atoms in total. The Morgan fingerprint density at radius 3 is 2.85 bits per heavy atom. The highest BCUT2D eigenvalue weighted by Crippen LogP contribution is 2.33. The smallest absolute Gasteiger partial charge is 0.254 e. The van der Waals surface area contributed by atoms with E-state index in [0.717, 1.165) is 33.2 Å². The van der Waals surface area contributed by atoms with Crippen LogP contribution in [0.25, 0.3) is 22.0 Å².